The summed E-state index contributed by atoms with van der Waals surface area (Å²) in [7, 11) is 0. The molecule has 58 valence electrons. The third-order valence-corrected chi connectivity index (χ3v) is 1.18. The van der Waals surface area contributed by atoms with Crippen LogP contribution < -0.4 is 5.32 Å². The molecule has 0 saturated carbocycles. The number of allylic oxidation sites excluding steroid dienone is 3. The average Bonchev–Trinajstić information content (AvgIpc) is 1.90. The molecule has 0 aliphatic carbocycles. The Bertz CT molecular complexity index is 127. The van der Waals surface area contributed by atoms with Crippen LogP contribution in [0.25, 0.3) is 0 Å². The zero-order valence-corrected chi connectivity index (χ0v) is 7.28. The van der Waals surface area contributed by atoms with Gasteiger partial charge in [0.15, 0.2) is 0 Å². The van der Waals surface area contributed by atoms with Gasteiger partial charge in [-0.25, -0.2) is 0 Å². The number of rotatable bonds is 4. The lowest BCUT2D eigenvalue weighted by Gasteiger charge is -2.01. The van der Waals surface area contributed by atoms with Crippen LogP contribution in [0.2, 0.25) is 0 Å². The predicted molar refractivity (Wildman–Crippen MR) is 47.3 cm³/mol. The summed E-state index contributed by atoms with van der Waals surface area (Å²) in [4.78, 5) is 0. The Labute approximate surface area is 67.8 Å². The summed E-state index contributed by atoms with van der Waals surface area (Å²) in [6.07, 6.45) is 5.94. The Hall–Kier alpha value is -0.430. The van der Waals surface area contributed by atoms with Gasteiger partial charge in [0.25, 0.3) is 0 Å². The van der Waals surface area contributed by atoms with Crippen molar-refractivity contribution in [1.82, 2.24) is 5.32 Å². The van der Waals surface area contributed by atoms with E-state index < -0.39 is 0 Å². The summed E-state index contributed by atoms with van der Waals surface area (Å²) in [5.74, 6) is 0.562. The molecule has 0 fully saturated rings. The molecule has 2 heteroatoms. The number of hydrogen-bond acceptors (Lipinski definition) is 1. The summed E-state index contributed by atoms with van der Waals surface area (Å²) in [6, 6.07) is 0. The van der Waals surface area contributed by atoms with Gasteiger partial charge in [-0.2, -0.15) is 0 Å². The SMILES string of the molecule is C/C=C\C(=C/CCl)NCC. The van der Waals surface area contributed by atoms with Crippen LogP contribution in [0.5, 0.6) is 0 Å². The zero-order valence-electron chi connectivity index (χ0n) is 6.52. The van der Waals surface area contributed by atoms with Crippen molar-refractivity contribution in [1.29, 1.82) is 0 Å². The molecule has 1 N–H and O–H groups in total. The van der Waals surface area contributed by atoms with E-state index in [0.29, 0.717) is 5.88 Å². The van der Waals surface area contributed by atoms with Crippen LogP contribution in [-0.4, -0.2) is 12.4 Å². The van der Waals surface area contributed by atoms with E-state index in [4.69, 9.17) is 11.6 Å². The van der Waals surface area contributed by atoms with E-state index in [-0.39, 0.29) is 0 Å². The minimum absolute atomic E-state index is 0.562. The first-order valence-electron chi connectivity index (χ1n) is 3.47. The summed E-state index contributed by atoms with van der Waals surface area (Å²) >= 11 is 5.52. The zero-order chi connectivity index (χ0) is 7.82. The van der Waals surface area contributed by atoms with Gasteiger partial charge in [-0.3, -0.25) is 0 Å². The Morgan fingerprint density at radius 3 is 2.70 bits per heavy atom. The summed E-state index contributed by atoms with van der Waals surface area (Å²) in [5.41, 5.74) is 1.10. The van der Waals surface area contributed by atoms with E-state index in [9.17, 15) is 0 Å². The molecule has 0 spiro atoms. The van der Waals surface area contributed by atoms with Gasteiger partial charge in [0.2, 0.25) is 0 Å². The normalized spacial score (nSPS) is 12.5. The fourth-order valence-electron chi connectivity index (χ4n) is 0.666. The van der Waals surface area contributed by atoms with Crippen LogP contribution in [0.15, 0.2) is 23.9 Å². The molecule has 0 aliphatic heterocycles. The van der Waals surface area contributed by atoms with Gasteiger partial charge in [0.05, 0.1) is 0 Å². The largest absolute Gasteiger partial charge is 0.386 e. The maximum absolute atomic E-state index is 5.52. The van der Waals surface area contributed by atoms with Crippen molar-refractivity contribution in [2.75, 3.05) is 12.4 Å². The van der Waals surface area contributed by atoms with E-state index in [1.165, 1.54) is 0 Å². The van der Waals surface area contributed by atoms with Crippen molar-refractivity contribution in [2.24, 2.45) is 0 Å². The van der Waals surface area contributed by atoms with Crippen molar-refractivity contribution in [3.63, 3.8) is 0 Å². The van der Waals surface area contributed by atoms with Crippen molar-refractivity contribution >= 4 is 11.6 Å². The predicted octanol–water partition coefficient (Wildman–Crippen LogP) is 2.29. The molecule has 0 bridgehead atoms. The molecule has 0 aromatic carbocycles. The maximum atomic E-state index is 5.52. The second-order valence-corrected chi connectivity index (χ2v) is 2.15. The molecule has 0 aromatic heterocycles. The first-order valence-corrected chi connectivity index (χ1v) is 4.01. The standard InChI is InChI=1S/C8H14ClN/c1-3-5-8(6-7-9)10-4-2/h3,5-6,10H,4,7H2,1-2H3/b5-3-,8-6+. The van der Waals surface area contributed by atoms with E-state index in [0.717, 1.165) is 12.2 Å². The van der Waals surface area contributed by atoms with E-state index in [1.807, 2.05) is 25.2 Å². The van der Waals surface area contributed by atoms with Crippen molar-refractivity contribution in [3.05, 3.63) is 23.9 Å². The van der Waals surface area contributed by atoms with E-state index in [2.05, 4.69) is 12.2 Å². The third kappa shape index (κ3) is 4.45. The second kappa shape index (κ2) is 6.69. The van der Waals surface area contributed by atoms with Crippen LogP contribution in [0.4, 0.5) is 0 Å². The first kappa shape index (κ1) is 9.57. The van der Waals surface area contributed by atoms with Crippen molar-refractivity contribution < 1.29 is 0 Å². The molecule has 0 rings (SSSR count). The molecule has 1 nitrogen and oxygen atoms in total. The van der Waals surface area contributed by atoms with E-state index >= 15 is 0 Å². The van der Waals surface area contributed by atoms with Gasteiger partial charge in [-0.05, 0) is 26.0 Å². The molecule has 0 amide bonds. The topological polar surface area (TPSA) is 12.0 Å². The minimum Gasteiger partial charge on any atom is -0.386 e. The molecular formula is C8H14ClN. The Kier molecular flexibility index (Phi) is 6.40. The highest BCUT2D eigenvalue weighted by atomic mass is 35.5. The highest BCUT2D eigenvalue weighted by molar-refractivity contribution is 6.18. The first-order chi connectivity index (χ1) is 4.85. The fourth-order valence-corrected chi connectivity index (χ4v) is 0.832. The van der Waals surface area contributed by atoms with Crippen LogP contribution >= 0.6 is 11.6 Å². The molecular weight excluding hydrogens is 146 g/mol. The van der Waals surface area contributed by atoms with E-state index in [1.54, 1.807) is 0 Å². The number of likely N-dealkylation sites (N-methyl/N-ethyl adjacent to an activating group) is 1. The molecule has 0 saturated heterocycles. The van der Waals surface area contributed by atoms with Crippen LogP contribution in [0.3, 0.4) is 0 Å². The number of halogens is 1. The highest BCUT2D eigenvalue weighted by Gasteiger charge is 1.84. The van der Waals surface area contributed by atoms with Crippen LogP contribution in [0.1, 0.15) is 13.8 Å². The lowest BCUT2D eigenvalue weighted by Crippen LogP contribution is -2.10. The second-order valence-electron chi connectivity index (χ2n) is 1.84. The van der Waals surface area contributed by atoms with Gasteiger partial charge >= 0.3 is 0 Å². The molecule has 0 aliphatic rings. The molecule has 10 heavy (non-hydrogen) atoms. The Balaban J connectivity index is 3.84. The molecule has 0 aromatic rings. The smallest absolute Gasteiger partial charge is 0.0426 e. The summed E-state index contributed by atoms with van der Waals surface area (Å²) in [6.45, 7) is 4.98. The number of alkyl halides is 1. The van der Waals surface area contributed by atoms with Gasteiger partial charge in [-0.1, -0.05) is 6.08 Å². The Morgan fingerprint density at radius 1 is 1.60 bits per heavy atom. The lowest BCUT2D eigenvalue weighted by molar-refractivity contribution is 0.876. The van der Waals surface area contributed by atoms with Gasteiger partial charge in [-0.15, -0.1) is 11.6 Å². The van der Waals surface area contributed by atoms with Gasteiger partial charge in [0, 0.05) is 18.1 Å². The molecule has 0 atom stereocenters. The number of nitrogens with one attached hydrogen (secondary N) is 1. The molecule has 0 heterocycles. The van der Waals surface area contributed by atoms with Crippen molar-refractivity contribution in [3.8, 4) is 0 Å². The minimum atomic E-state index is 0.562. The molecule has 0 radical (unpaired) electrons. The summed E-state index contributed by atoms with van der Waals surface area (Å²) < 4.78 is 0. The maximum Gasteiger partial charge on any atom is 0.0426 e. The fraction of sp³-hybridized carbons (Fsp3) is 0.500. The monoisotopic (exact) mass is 159 g/mol. The van der Waals surface area contributed by atoms with Gasteiger partial charge < -0.3 is 5.32 Å². The lowest BCUT2D eigenvalue weighted by atomic mass is 10.3. The number of hydrogen-bond donors (Lipinski definition) is 1. The van der Waals surface area contributed by atoms with Crippen LogP contribution in [0, 0.1) is 0 Å². The molecule has 0 unspecified atom stereocenters. The van der Waals surface area contributed by atoms with Crippen molar-refractivity contribution in [2.45, 2.75) is 13.8 Å². The van der Waals surface area contributed by atoms with Crippen LogP contribution in [-0.2, 0) is 0 Å². The highest BCUT2D eigenvalue weighted by Crippen LogP contribution is 1.92. The average molecular weight is 160 g/mol. The summed E-state index contributed by atoms with van der Waals surface area (Å²) in [5, 5.41) is 3.17. The van der Waals surface area contributed by atoms with Gasteiger partial charge in [0.1, 0.15) is 0 Å². The quantitative estimate of drug-likeness (QED) is 0.490. The Morgan fingerprint density at radius 2 is 2.30 bits per heavy atom. The third-order valence-electron chi connectivity index (χ3n) is 1.02.